The molecule has 0 amide bonds. The Balaban J connectivity index is 2.55. The third-order valence-corrected chi connectivity index (χ3v) is 2.83. The molecule has 0 N–H and O–H groups in total. The van der Waals surface area contributed by atoms with Crippen molar-refractivity contribution >= 4 is 5.78 Å². The highest BCUT2D eigenvalue weighted by Crippen LogP contribution is 2.23. The van der Waals surface area contributed by atoms with E-state index in [1.165, 1.54) is 24.3 Å². The minimum absolute atomic E-state index is 0.0961. The molecule has 0 radical (unpaired) electrons. The fraction of sp³-hybridized carbons (Fsp3) is 0.500. The third kappa shape index (κ3) is 6.27. The molecular weight excluding hydrogens is 257 g/mol. The molecular formula is C14H17F3O2. The standard InChI is InChI=1S/C14H17F3O2/c1-3-10(2)8-12(18)9-11-4-6-13(7-5-11)19-14(15,16)17/h4-7,10H,3,8-9H2,1-2H3. The van der Waals surface area contributed by atoms with Crippen molar-refractivity contribution in [3.8, 4) is 5.75 Å². The summed E-state index contributed by atoms with van der Waals surface area (Å²) in [7, 11) is 0. The zero-order chi connectivity index (χ0) is 14.5. The van der Waals surface area contributed by atoms with Crippen LogP contribution in [0.2, 0.25) is 0 Å². The molecule has 19 heavy (non-hydrogen) atoms. The zero-order valence-corrected chi connectivity index (χ0v) is 11.0. The second-order valence-corrected chi connectivity index (χ2v) is 4.62. The van der Waals surface area contributed by atoms with Crippen LogP contribution in [-0.2, 0) is 11.2 Å². The van der Waals surface area contributed by atoms with Crippen LogP contribution in [0.1, 0.15) is 32.3 Å². The molecule has 0 heterocycles. The average Bonchev–Trinajstić information content (AvgIpc) is 2.29. The number of hydrogen-bond acceptors (Lipinski definition) is 2. The maximum Gasteiger partial charge on any atom is 0.573 e. The van der Waals surface area contributed by atoms with Crippen LogP contribution in [0.15, 0.2) is 24.3 Å². The molecule has 0 aromatic heterocycles. The fourth-order valence-corrected chi connectivity index (χ4v) is 1.64. The van der Waals surface area contributed by atoms with Crippen molar-refractivity contribution < 1.29 is 22.7 Å². The number of ketones is 1. The minimum Gasteiger partial charge on any atom is -0.406 e. The lowest BCUT2D eigenvalue weighted by Crippen LogP contribution is -2.17. The van der Waals surface area contributed by atoms with Gasteiger partial charge < -0.3 is 4.74 Å². The number of hydrogen-bond donors (Lipinski definition) is 0. The van der Waals surface area contributed by atoms with Crippen molar-refractivity contribution in [2.45, 2.75) is 39.5 Å². The highest BCUT2D eigenvalue weighted by Gasteiger charge is 2.30. The Kier molecular flexibility index (Phi) is 5.39. The molecule has 1 unspecified atom stereocenters. The van der Waals surface area contributed by atoms with Gasteiger partial charge in [-0.1, -0.05) is 32.4 Å². The molecule has 0 spiro atoms. The van der Waals surface area contributed by atoms with E-state index in [-0.39, 0.29) is 18.0 Å². The van der Waals surface area contributed by atoms with Crippen LogP contribution in [0, 0.1) is 5.92 Å². The van der Waals surface area contributed by atoms with Gasteiger partial charge in [0.2, 0.25) is 0 Å². The lowest BCUT2D eigenvalue weighted by atomic mass is 9.98. The predicted molar refractivity (Wildman–Crippen MR) is 65.9 cm³/mol. The van der Waals surface area contributed by atoms with Gasteiger partial charge in [-0.25, -0.2) is 0 Å². The van der Waals surface area contributed by atoms with Crippen molar-refractivity contribution in [2.24, 2.45) is 5.92 Å². The third-order valence-electron chi connectivity index (χ3n) is 2.83. The summed E-state index contributed by atoms with van der Waals surface area (Å²) in [5.74, 6) is 0.157. The highest BCUT2D eigenvalue weighted by atomic mass is 19.4. The number of carbonyl (C=O) groups is 1. The molecule has 106 valence electrons. The van der Waals surface area contributed by atoms with E-state index in [4.69, 9.17) is 0 Å². The van der Waals surface area contributed by atoms with Crippen LogP contribution >= 0.6 is 0 Å². The van der Waals surface area contributed by atoms with E-state index in [0.29, 0.717) is 17.9 Å². The summed E-state index contributed by atoms with van der Waals surface area (Å²) in [4.78, 5) is 11.7. The molecule has 1 aromatic rings. The summed E-state index contributed by atoms with van der Waals surface area (Å²) < 4.78 is 39.6. The number of alkyl halides is 3. The Hall–Kier alpha value is -1.52. The van der Waals surface area contributed by atoms with E-state index < -0.39 is 6.36 Å². The van der Waals surface area contributed by atoms with Crippen LogP contribution in [0.25, 0.3) is 0 Å². The molecule has 0 aliphatic heterocycles. The van der Waals surface area contributed by atoms with Crippen LogP contribution in [0.4, 0.5) is 13.2 Å². The van der Waals surface area contributed by atoms with E-state index >= 15 is 0 Å². The van der Waals surface area contributed by atoms with Gasteiger partial charge in [-0.15, -0.1) is 13.2 Å². The van der Waals surface area contributed by atoms with E-state index in [0.717, 1.165) is 6.42 Å². The SMILES string of the molecule is CCC(C)CC(=O)Cc1ccc(OC(F)(F)F)cc1. The molecule has 0 aliphatic carbocycles. The normalized spacial score (nSPS) is 13.1. The van der Waals surface area contributed by atoms with Gasteiger partial charge in [0.1, 0.15) is 11.5 Å². The number of carbonyl (C=O) groups excluding carboxylic acids is 1. The summed E-state index contributed by atoms with van der Waals surface area (Å²) >= 11 is 0. The van der Waals surface area contributed by atoms with Gasteiger partial charge in [0.05, 0.1) is 0 Å². The lowest BCUT2D eigenvalue weighted by Gasteiger charge is -2.10. The van der Waals surface area contributed by atoms with Crippen LogP contribution in [-0.4, -0.2) is 12.1 Å². The summed E-state index contributed by atoms with van der Waals surface area (Å²) in [6, 6.07) is 5.41. The molecule has 0 aliphatic rings. The van der Waals surface area contributed by atoms with Gasteiger partial charge in [-0.2, -0.15) is 0 Å². The molecule has 2 nitrogen and oxygen atoms in total. The van der Waals surface area contributed by atoms with E-state index in [9.17, 15) is 18.0 Å². The van der Waals surface area contributed by atoms with Crippen LogP contribution in [0.5, 0.6) is 5.75 Å². The smallest absolute Gasteiger partial charge is 0.406 e. The maximum absolute atomic E-state index is 12.0. The second kappa shape index (κ2) is 6.59. The van der Waals surface area contributed by atoms with Crippen molar-refractivity contribution in [1.29, 1.82) is 0 Å². The lowest BCUT2D eigenvalue weighted by molar-refractivity contribution is -0.274. The molecule has 0 fully saturated rings. The van der Waals surface area contributed by atoms with Crippen molar-refractivity contribution in [3.63, 3.8) is 0 Å². The Bertz CT molecular complexity index is 410. The number of benzene rings is 1. The van der Waals surface area contributed by atoms with E-state index in [1.54, 1.807) is 0 Å². The molecule has 0 saturated heterocycles. The molecule has 5 heteroatoms. The number of rotatable bonds is 6. The molecule has 1 aromatic carbocycles. The molecule has 0 saturated carbocycles. The summed E-state index contributed by atoms with van der Waals surface area (Å²) in [6.07, 6.45) is -3.01. The monoisotopic (exact) mass is 274 g/mol. The first-order chi connectivity index (χ1) is 8.80. The van der Waals surface area contributed by atoms with E-state index in [1.807, 2.05) is 13.8 Å². The summed E-state index contributed by atoms with van der Waals surface area (Å²) in [5, 5.41) is 0. The maximum atomic E-state index is 12.0. The van der Waals surface area contributed by atoms with Crippen molar-refractivity contribution in [1.82, 2.24) is 0 Å². The van der Waals surface area contributed by atoms with Gasteiger partial charge >= 0.3 is 6.36 Å². The van der Waals surface area contributed by atoms with Gasteiger partial charge in [-0.05, 0) is 23.6 Å². The number of Topliss-reactive ketones (excluding diaryl/α,β-unsaturated/α-hetero) is 1. The number of ether oxygens (including phenoxy) is 1. The fourth-order valence-electron chi connectivity index (χ4n) is 1.64. The van der Waals surface area contributed by atoms with E-state index in [2.05, 4.69) is 4.74 Å². The van der Waals surface area contributed by atoms with Gasteiger partial charge in [-0.3, -0.25) is 4.79 Å². The summed E-state index contributed by atoms with van der Waals surface area (Å²) in [5.41, 5.74) is 0.697. The topological polar surface area (TPSA) is 26.3 Å². The highest BCUT2D eigenvalue weighted by molar-refractivity contribution is 5.81. The average molecular weight is 274 g/mol. The number of halogens is 3. The van der Waals surface area contributed by atoms with Crippen molar-refractivity contribution in [2.75, 3.05) is 0 Å². The predicted octanol–water partition coefficient (Wildman–Crippen LogP) is 4.13. The Morgan fingerprint density at radius 1 is 1.26 bits per heavy atom. The summed E-state index contributed by atoms with van der Waals surface area (Å²) in [6.45, 7) is 4.01. The molecule has 1 rings (SSSR count). The van der Waals surface area contributed by atoms with Gasteiger partial charge in [0.25, 0.3) is 0 Å². The zero-order valence-electron chi connectivity index (χ0n) is 11.0. The first-order valence-electron chi connectivity index (χ1n) is 6.16. The molecule has 1 atom stereocenters. The first-order valence-corrected chi connectivity index (χ1v) is 6.16. The second-order valence-electron chi connectivity index (χ2n) is 4.62. The van der Waals surface area contributed by atoms with Crippen LogP contribution in [0.3, 0.4) is 0 Å². The largest absolute Gasteiger partial charge is 0.573 e. The van der Waals surface area contributed by atoms with Gasteiger partial charge in [0, 0.05) is 12.8 Å². The Morgan fingerprint density at radius 2 is 1.84 bits per heavy atom. The first kappa shape index (κ1) is 15.5. The Labute approximate surface area is 110 Å². The Morgan fingerprint density at radius 3 is 2.32 bits per heavy atom. The molecule has 0 bridgehead atoms. The van der Waals surface area contributed by atoms with Gasteiger partial charge in [0.15, 0.2) is 0 Å². The van der Waals surface area contributed by atoms with Crippen molar-refractivity contribution in [3.05, 3.63) is 29.8 Å². The quantitative estimate of drug-likeness (QED) is 0.779. The minimum atomic E-state index is -4.69. The van der Waals surface area contributed by atoms with Crippen LogP contribution < -0.4 is 4.74 Å².